The van der Waals surface area contributed by atoms with Gasteiger partial charge in [-0.05, 0) is 31.0 Å². The number of quaternary nitrogens is 2. The van der Waals surface area contributed by atoms with Crippen molar-refractivity contribution in [1.29, 1.82) is 0 Å². The molecule has 32 heavy (non-hydrogen) atoms. The van der Waals surface area contributed by atoms with Gasteiger partial charge in [0, 0.05) is 35.2 Å². The van der Waals surface area contributed by atoms with Gasteiger partial charge in [0.25, 0.3) is 5.91 Å². The van der Waals surface area contributed by atoms with Crippen molar-refractivity contribution in [1.82, 2.24) is 0 Å². The van der Waals surface area contributed by atoms with Crippen molar-refractivity contribution < 1.29 is 15.0 Å². The number of hydrogen-bond acceptors (Lipinski definition) is 1. The maximum atomic E-state index is 13.4. The molecule has 0 aromatic heterocycles. The zero-order valence-electron chi connectivity index (χ0n) is 19.2. The van der Waals surface area contributed by atoms with Crippen LogP contribution in [0, 0.1) is 13.8 Å². The van der Waals surface area contributed by atoms with Crippen LogP contribution in [-0.2, 0) is 17.9 Å². The Kier molecular flexibility index (Phi) is 7.35. The zero-order valence-corrected chi connectivity index (χ0v) is 19.2. The molecule has 0 aliphatic carbocycles. The first-order valence-corrected chi connectivity index (χ1v) is 11.8. The minimum absolute atomic E-state index is 0.0209. The number of hydrogen-bond donors (Lipinski definition) is 3. The molecule has 1 heterocycles. The lowest BCUT2D eigenvalue weighted by Gasteiger charge is -2.19. The summed E-state index contributed by atoms with van der Waals surface area (Å²) >= 11 is 0. The highest BCUT2D eigenvalue weighted by Crippen LogP contribution is 2.19. The van der Waals surface area contributed by atoms with Crippen LogP contribution >= 0.6 is 0 Å². The summed E-state index contributed by atoms with van der Waals surface area (Å²) in [6.45, 7) is 8.48. The Labute approximate surface area is 191 Å². The van der Waals surface area contributed by atoms with Crippen molar-refractivity contribution in [3.05, 3.63) is 101 Å². The molecule has 4 rings (SSSR count). The van der Waals surface area contributed by atoms with Crippen LogP contribution in [0.4, 0.5) is 5.69 Å². The monoisotopic (exact) mass is 429 g/mol. The van der Waals surface area contributed by atoms with Crippen LogP contribution in [0.25, 0.3) is 0 Å². The minimum Gasteiger partial charge on any atom is -0.331 e. The Balaban J connectivity index is 1.52. The van der Waals surface area contributed by atoms with Crippen molar-refractivity contribution in [3.63, 3.8) is 0 Å². The third-order valence-electron chi connectivity index (χ3n) is 6.54. The van der Waals surface area contributed by atoms with Crippen molar-refractivity contribution >= 4 is 11.6 Å². The SMILES string of the molecule is Cc1ccc(C)c(NC(=O)[C@H]([NH2+]Cc2ccccc2C[NH+]2CCCC2)c2ccccc2)c1. The molecule has 3 aromatic carbocycles. The first kappa shape index (κ1) is 22.3. The fourth-order valence-electron chi connectivity index (χ4n) is 4.63. The Morgan fingerprint density at radius 2 is 1.62 bits per heavy atom. The lowest BCUT2D eigenvalue weighted by atomic mass is 10.0. The van der Waals surface area contributed by atoms with Gasteiger partial charge in [0.1, 0.15) is 13.1 Å². The molecular weight excluding hydrogens is 394 g/mol. The summed E-state index contributed by atoms with van der Waals surface area (Å²) in [7, 11) is 0. The number of nitrogens with two attached hydrogens (primary N) is 1. The van der Waals surface area contributed by atoms with Crippen LogP contribution in [0.3, 0.4) is 0 Å². The molecule has 1 saturated heterocycles. The highest BCUT2D eigenvalue weighted by atomic mass is 16.2. The van der Waals surface area contributed by atoms with Crippen LogP contribution < -0.4 is 15.5 Å². The van der Waals surface area contributed by atoms with Gasteiger partial charge >= 0.3 is 0 Å². The molecular formula is C28H35N3O+2. The zero-order chi connectivity index (χ0) is 22.3. The van der Waals surface area contributed by atoms with Crippen LogP contribution in [0.2, 0.25) is 0 Å². The topological polar surface area (TPSA) is 50.1 Å². The van der Waals surface area contributed by atoms with Crippen LogP contribution in [-0.4, -0.2) is 19.0 Å². The summed E-state index contributed by atoms with van der Waals surface area (Å²) in [5.41, 5.74) is 6.87. The second kappa shape index (κ2) is 10.6. The Bertz CT molecular complexity index is 1040. The maximum absolute atomic E-state index is 13.4. The van der Waals surface area contributed by atoms with E-state index in [2.05, 4.69) is 54.0 Å². The highest BCUT2D eigenvalue weighted by molar-refractivity contribution is 5.95. The van der Waals surface area contributed by atoms with Gasteiger partial charge in [-0.15, -0.1) is 0 Å². The lowest BCUT2D eigenvalue weighted by Crippen LogP contribution is -3.08. The first-order valence-electron chi connectivity index (χ1n) is 11.8. The van der Waals surface area contributed by atoms with Crippen molar-refractivity contribution in [3.8, 4) is 0 Å². The normalized spacial score (nSPS) is 14.9. The lowest BCUT2D eigenvalue weighted by molar-refractivity contribution is -0.901. The average molecular weight is 430 g/mol. The van der Waals surface area contributed by atoms with E-state index in [0.29, 0.717) is 0 Å². The van der Waals surface area contributed by atoms with E-state index in [1.807, 2.05) is 43.3 Å². The van der Waals surface area contributed by atoms with Gasteiger partial charge in [0.05, 0.1) is 13.1 Å². The van der Waals surface area contributed by atoms with E-state index < -0.39 is 0 Å². The van der Waals surface area contributed by atoms with Crippen molar-refractivity contribution in [2.75, 3.05) is 18.4 Å². The van der Waals surface area contributed by atoms with E-state index in [1.54, 1.807) is 4.90 Å². The average Bonchev–Trinajstić information content (AvgIpc) is 3.31. The second-order valence-electron chi connectivity index (χ2n) is 9.04. The first-order chi connectivity index (χ1) is 15.6. The van der Waals surface area contributed by atoms with Gasteiger partial charge in [-0.2, -0.15) is 0 Å². The van der Waals surface area contributed by atoms with E-state index in [-0.39, 0.29) is 11.9 Å². The van der Waals surface area contributed by atoms with E-state index in [9.17, 15) is 4.79 Å². The fraction of sp³-hybridized carbons (Fsp3) is 0.321. The Hall–Kier alpha value is -2.95. The van der Waals surface area contributed by atoms with Gasteiger partial charge in [-0.3, -0.25) is 4.79 Å². The molecule has 1 aliphatic heterocycles. The van der Waals surface area contributed by atoms with Gasteiger partial charge < -0.3 is 15.5 Å². The molecule has 3 aromatic rings. The van der Waals surface area contributed by atoms with Gasteiger partial charge in [0.15, 0.2) is 6.04 Å². The summed E-state index contributed by atoms with van der Waals surface area (Å²) in [4.78, 5) is 15.1. The molecule has 0 unspecified atom stereocenters. The van der Waals surface area contributed by atoms with Gasteiger partial charge in [0.2, 0.25) is 0 Å². The van der Waals surface area contributed by atoms with E-state index in [0.717, 1.165) is 35.5 Å². The van der Waals surface area contributed by atoms with Gasteiger partial charge in [-0.25, -0.2) is 0 Å². The highest BCUT2D eigenvalue weighted by Gasteiger charge is 2.25. The maximum Gasteiger partial charge on any atom is 0.287 e. The third kappa shape index (κ3) is 5.64. The predicted molar refractivity (Wildman–Crippen MR) is 129 cm³/mol. The van der Waals surface area contributed by atoms with E-state index in [1.165, 1.54) is 37.1 Å². The third-order valence-corrected chi connectivity index (χ3v) is 6.54. The van der Waals surface area contributed by atoms with Crippen LogP contribution in [0.5, 0.6) is 0 Å². The fourth-order valence-corrected chi connectivity index (χ4v) is 4.63. The molecule has 0 radical (unpaired) electrons. The number of aryl methyl sites for hydroxylation is 2. The number of amides is 1. The molecule has 1 atom stereocenters. The molecule has 1 amide bonds. The number of nitrogens with one attached hydrogen (secondary N) is 2. The largest absolute Gasteiger partial charge is 0.331 e. The minimum atomic E-state index is -0.302. The molecule has 0 spiro atoms. The van der Waals surface area contributed by atoms with Crippen molar-refractivity contribution in [2.24, 2.45) is 0 Å². The molecule has 0 saturated carbocycles. The van der Waals surface area contributed by atoms with E-state index in [4.69, 9.17) is 0 Å². The van der Waals surface area contributed by atoms with Gasteiger partial charge in [-0.1, -0.05) is 66.7 Å². The Morgan fingerprint density at radius 1 is 0.938 bits per heavy atom. The smallest absolute Gasteiger partial charge is 0.287 e. The Morgan fingerprint density at radius 3 is 2.38 bits per heavy atom. The molecule has 0 bridgehead atoms. The van der Waals surface area contributed by atoms with Crippen molar-refractivity contribution in [2.45, 2.75) is 45.8 Å². The van der Waals surface area contributed by atoms with Crippen LogP contribution in [0.1, 0.15) is 46.7 Å². The summed E-state index contributed by atoms with van der Waals surface area (Å²) in [5, 5.41) is 5.36. The number of rotatable bonds is 8. The molecule has 1 fully saturated rings. The number of benzene rings is 3. The summed E-state index contributed by atoms with van der Waals surface area (Å²) < 4.78 is 0. The summed E-state index contributed by atoms with van der Waals surface area (Å²) in [6.07, 6.45) is 2.66. The van der Waals surface area contributed by atoms with Crippen LogP contribution in [0.15, 0.2) is 72.8 Å². The van der Waals surface area contributed by atoms with E-state index >= 15 is 0 Å². The summed E-state index contributed by atoms with van der Waals surface area (Å²) in [6, 6.07) is 24.7. The number of carbonyl (C=O) groups is 1. The number of likely N-dealkylation sites (tertiary alicyclic amines) is 1. The predicted octanol–water partition coefficient (Wildman–Crippen LogP) is 2.93. The molecule has 4 nitrogen and oxygen atoms in total. The number of carbonyl (C=O) groups excluding carboxylic acids is 1. The molecule has 4 heteroatoms. The number of anilines is 1. The quantitative estimate of drug-likeness (QED) is 0.507. The second-order valence-corrected chi connectivity index (χ2v) is 9.04. The summed E-state index contributed by atoms with van der Waals surface area (Å²) in [5.74, 6) is 0.0209. The molecule has 166 valence electrons. The molecule has 4 N–H and O–H groups in total. The standard InChI is InChI=1S/C28H33N3O/c1-21-14-15-22(2)26(18-21)30-28(32)27(23-10-4-3-5-11-23)29-19-24-12-6-7-13-25(24)20-31-16-8-9-17-31/h3-7,10-15,18,27,29H,8-9,16-17,19-20H2,1-2H3,(H,30,32)/p+2/t27-/m1/s1. The molecule has 1 aliphatic rings.